The van der Waals surface area contributed by atoms with Crippen molar-refractivity contribution in [2.45, 2.75) is 33.1 Å². The Morgan fingerprint density at radius 3 is 2.69 bits per heavy atom. The summed E-state index contributed by atoms with van der Waals surface area (Å²) in [5, 5.41) is 8.96. The predicted molar refractivity (Wildman–Crippen MR) is 52.4 cm³/mol. The monoisotopic (exact) mass is 199 g/mol. The molecule has 1 rings (SSSR count). The lowest BCUT2D eigenvalue weighted by molar-refractivity contribution is 0.0696. The predicted octanol–water partition coefficient (Wildman–Crippen LogP) is 2.36. The molecule has 0 aliphatic heterocycles. The summed E-state index contributed by atoms with van der Waals surface area (Å²) in [6.45, 7) is 4.09. The van der Waals surface area contributed by atoms with Crippen LogP contribution in [0.5, 0.6) is 0 Å². The van der Waals surface area contributed by atoms with Gasteiger partial charge in [0.1, 0.15) is 0 Å². The highest BCUT2D eigenvalue weighted by atomic mass is 32.1. The molecule has 0 radical (unpaired) electrons. The van der Waals surface area contributed by atoms with Crippen LogP contribution in [0, 0.1) is 0 Å². The zero-order valence-corrected chi connectivity index (χ0v) is 8.65. The number of thiazole rings is 1. The van der Waals surface area contributed by atoms with Gasteiger partial charge in [0, 0.05) is 4.88 Å². The van der Waals surface area contributed by atoms with Crippen molar-refractivity contribution in [1.29, 1.82) is 0 Å². The largest absolute Gasteiger partial charge is 0.476 e. The van der Waals surface area contributed by atoms with E-state index in [4.69, 9.17) is 5.11 Å². The zero-order valence-electron chi connectivity index (χ0n) is 7.83. The number of hydrogen-bond acceptors (Lipinski definition) is 3. The van der Waals surface area contributed by atoms with E-state index in [2.05, 4.69) is 11.9 Å². The molecule has 1 aromatic heterocycles. The van der Waals surface area contributed by atoms with Gasteiger partial charge in [0.25, 0.3) is 0 Å². The highest BCUT2D eigenvalue weighted by Gasteiger charge is 2.13. The summed E-state index contributed by atoms with van der Waals surface area (Å²) in [5.41, 5.74) is 0.965. The Morgan fingerprint density at radius 2 is 2.23 bits per heavy atom. The van der Waals surface area contributed by atoms with Crippen molar-refractivity contribution in [2.24, 2.45) is 0 Å². The highest BCUT2D eigenvalue weighted by Crippen LogP contribution is 2.20. The van der Waals surface area contributed by atoms with E-state index in [0.717, 1.165) is 29.8 Å². The van der Waals surface area contributed by atoms with Crippen LogP contribution in [0.15, 0.2) is 0 Å². The fourth-order valence-electron chi connectivity index (χ4n) is 1.18. The minimum Gasteiger partial charge on any atom is -0.476 e. The molecule has 0 amide bonds. The maximum Gasteiger partial charge on any atom is 0.365 e. The topological polar surface area (TPSA) is 50.2 Å². The van der Waals surface area contributed by atoms with Crippen LogP contribution >= 0.6 is 11.3 Å². The lowest BCUT2D eigenvalue weighted by Gasteiger charge is -1.94. The normalized spacial score (nSPS) is 10.3. The van der Waals surface area contributed by atoms with Crippen LogP contribution in [-0.4, -0.2) is 16.1 Å². The number of aryl methyl sites for hydroxylation is 2. The van der Waals surface area contributed by atoms with Gasteiger partial charge in [0.05, 0.1) is 5.69 Å². The fraction of sp³-hybridized carbons (Fsp3) is 0.556. The Bertz CT molecular complexity index is 307. The third-order valence-electron chi connectivity index (χ3n) is 1.77. The summed E-state index contributed by atoms with van der Waals surface area (Å²) in [6, 6.07) is 0. The van der Waals surface area contributed by atoms with Gasteiger partial charge in [-0.15, -0.1) is 11.3 Å². The van der Waals surface area contributed by atoms with E-state index in [0.29, 0.717) is 0 Å². The number of rotatable bonds is 4. The second kappa shape index (κ2) is 4.37. The summed E-state index contributed by atoms with van der Waals surface area (Å²) >= 11 is 1.30. The molecule has 0 unspecified atom stereocenters. The molecule has 0 atom stereocenters. The fourth-order valence-corrected chi connectivity index (χ4v) is 2.07. The van der Waals surface area contributed by atoms with Crippen molar-refractivity contribution in [3.05, 3.63) is 15.6 Å². The number of aromatic carboxylic acids is 1. The zero-order chi connectivity index (χ0) is 9.84. The SMILES string of the molecule is CCCc1nc(C(=O)O)sc1CC. The van der Waals surface area contributed by atoms with Gasteiger partial charge in [-0.2, -0.15) is 0 Å². The molecule has 0 aliphatic rings. The van der Waals surface area contributed by atoms with Crippen LogP contribution < -0.4 is 0 Å². The first-order chi connectivity index (χ1) is 6.19. The number of carboxylic acid groups (broad SMARTS) is 1. The Labute approximate surface area is 81.4 Å². The Kier molecular flexibility index (Phi) is 3.42. The van der Waals surface area contributed by atoms with Gasteiger partial charge in [-0.3, -0.25) is 0 Å². The first kappa shape index (κ1) is 10.2. The Balaban J connectivity index is 2.96. The van der Waals surface area contributed by atoms with E-state index in [9.17, 15) is 4.79 Å². The molecule has 0 fully saturated rings. The molecule has 1 heterocycles. The molecule has 4 heteroatoms. The molecule has 0 saturated carbocycles. The van der Waals surface area contributed by atoms with Gasteiger partial charge in [0.15, 0.2) is 0 Å². The Hall–Kier alpha value is -0.900. The van der Waals surface area contributed by atoms with Crippen molar-refractivity contribution >= 4 is 17.3 Å². The first-order valence-electron chi connectivity index (χ1n) is 4.40. The molecule has 0 bridgehead atoms. The minimum absolute atomic E-state index is 0.223. The average Bonchev–Trinajstić information content (AvgIpc) is 2.48. The van der Waals surface area contributed by atoms with Gasteiger partial charge in [-0.05, 0) is 12.8 Å². The second-order valence-corrected chi connectivity index (χ2v) is 3.88. The molecular formula is C9H13NO2S. The summed E-state index contributed by atoms with van der Waals surface area (Å²) in [6.07, 6.45) is 2.77. The number of aromatic nitrogens is 1. The molecule has 72 valence electrons. The van der Waals surface area contributed by atoms with E-state index < -0.39 is 5.97 Å². The standard InChI is InChI=1S/C9H13NO2S/c1-3-5-6-7(4-2)13-8(10-6)9(11)12/h3-5H2,1-2H3,(H,11,12). The highest BCUT2D eigenvalue weighted by molar-refractivity contribution is 7.13. The molecule has 1 N–H and O–H groups in total. The smallest absolute Gasteiger partial charge is 0.365 e. The van der Waals surface area contributed by atoms with E-state index in [1.807, 2.05) is 6.92 Å². The maximum absolute atomic E-state index is 10.6. The molecule has 1 aromatic rings. The van der Waals surface area contributed by atoms with Crippen LogP contribution in [0.25, 0.3) is 0 Å². The maximum atomic E-state index is 10.6. The lowest BCUT2D eigenvalue weighted by Crippen LogP contribution is -1.95. The van der Waals surface area contributed by atoms with Crippen molar-refractivity contribution in [1.82, 2.24) is 4.98 Å². The van der Waals surface area contributed by atoms with Crippen molar-refractivity contribution in [3.63, 3.8) is 0 Å². The van der Waals surface area contributed by atoms with Gasteiger partial charge in [0.2, 0.25) is 5.01 Å². The number of hydrogen-bond donors (Lipinski definition) is 1. The average molecular weight is 199 g/mol. The lowest BCUT2D eigenvalue weighted by atomic mass is 10.2. The molecule has 13 heavy (non-hydrogen) atoms. The summed E-state index contributed by atoms with van der Waals surface area (Å²) in [5.74, 6) is -0.915. The molecule has 3 nitrogen and oxygen atoms in total. The van der Waals surface area contributed by atoms with Crippen LogP contribution in [-0.2, 0) is 12.8 Å². The number of carbonyl (C=O) groups is 1. The third-order valence-corrected chi connectivity index (χ3v) is 3.00. The van der Waals surface area contributed by atoms with E-state index >= 15 is 0 Å². The Morgan fingerprint density at radius 1 is 1.54 bits per heavy atom. The quantitative estimate of drug-likeness (QED) is 0.809. The van der Waals surface area contributed by atoms with Crippen LogP contribution in [0.3, 0.4) is 0 Å². The van der Waals surface area contributed by atoms with Gasteiger partial charge < -0.3 is 5.11 Å². The van der Waals surface area contributed by atoms with E-state index in [-0.39, 0.29) is 5.01 Å². The minimum atomic E-state index is -0.915. The second-order valence-electron chi connectivity index (χ2n) is 2.80. The first-order valence-corrected chi connectivity index (χ1v) is 5.22. The van der Waals surface area contributed by atoms with Crippen molar-refractivity contribution < 1.29 is 9.90 Å². The van der Waals surface area contributed by atoms with Gasteiger partial charge in [-0.25, -0.2) is 9.78 Å². The van der Waals surface area contributed by atoms with Crippen molar-refractivity contribution in [3.8, 4) is 0 Å². The molecule has 0 saturated heterocycles. The number of nitrogens with zero attached hydrogens (tertiary/aromatic N) is 1. The summed E-state index contributed by atoms with van der Waals surface area (Å²) in [7, 11) is 0. The van der Waals surface area contributed by atoms with Gasteiger partial charge >= 0.3 is 5.97 Å². The number of carboxylic acids is 1. The summed E-state index contributed by atoms with van der Waals surface area (Å²) < 4.78 is 0. The van der Waals surface area contributed by atoms with Crippen LogP contribution in [0.4, 0.5) is 0 Å². The molecule has 0 aromatic carbocycles. The van der Waals surface area contributed by atoms with Crippen LogP contribution in [0.1, 0.15) is 40.6 Å². The van der Waals surface area contributed by atoms with E-state index in [1.54, 1.807) is 0 Å². The molecular weight excluding hydrogens is 186 g/mol. The molecule has 0 spiro atoms. The van der Waals surface area contributed by atoms with E-state index in [1.165, 1.54) is 11.3 Å². The third kappa shape index (κ3) is 2.28. The van der Waals surface area contributed by atoms with Gasteiger partial charge in [-0.1, -0.05) is 20.3 Å². The molecule has 0 aliphatic carbocycles. The summed E-state index contributed by atoms with van der Waals surface area (Å²) in [4.78, 5) is 15.8. The van der Waals surface area contributed by atoms with Crippen molar-refractivity contribution in [2.75, 3.05) is 0 Å². The van der Waals surface area contributed by atoms with Crippen LogP contribution in [0.2, 0.25) is 0 Å².